The molecule has 2 aromatic rings. The molecule has 0 aliphatic heterocycles. The molecule has 0 radical (unpaired) electrons. The maximum atomic E-state index is 13.9. The number of hydrogen-bond donors (Lipinski definition) is 1. The second kappa shape index (κ2) is 8.41. The highest BCUT2D eigenvalue weighted by Gasteiger charge is 2.29. The van der Waals surface area contributed by atoms with Crippen LogP contribution in [0.5, 0.6) is 0 Å². The molecule has 28 heavy (non-hydrogen) atoms. The van der Waals surface area contributed by atoms with E-state index < -0.39 is 21.7 Å². The zero-order valence-electron chi connectivity index (χ0n) is 16.1. The summed E-state index contributed by atoms with van der Waals surface area (Å²) in [5.74, 6) is -1.01. The average Bonchev–Trinajstić information content (AvgIpc) is 2.70. The van der Waals surface area contributed by atoms with Gasteiger partial charge in [0.2, 0.25) is 10.0 Å². The molecule has 2 aromatic carbocycles. The van der Waals surface area contributed by atoms with Gasteiger partial charge in [-0.25, -0.2) is 12.8 Å². The van der Waals surface area contributed by atoms with Gasteiger partial charge in [0.25, 0.3) is 5.91 Å². The zero-order valence-corrected chi connectivity index (χ0v) is 16.9. The van der Waals surface area contributed by atoms with Crippen LogP contribution in [-0.2, 0) is 10.0 Å². The Morgan fingerprint density at radius 2 is 1.71 bits per heavy atom. The van der Waals surface area contributed by atoms with Crippen LogP contribution in [0.15, 0.2) is 47.4 Å². The normalized spacial score (nSPS) is 15.6. The van der Waals surface area contributed by atoms with E-state index in [0.717, 1.165) is 37.7 Å². The van der Waals surface area contributed by atoms with Crippen LogP contribution in [0, 0.1) is 12.7 Å². The molecule has 7 heteroatoms. The average molecular weight is 405 g/mol. The SMILES string of the molecule is Cc1ccc(NC(=O)c2ccc(S(=O)(=O)N(C)C3CCCCC3)cc2)c(F)c1. The molecule has 1 aliphatic rings. The van der Waals surface area contributed by atoms with Crippen LogP contribution >= 0.6 is 0 Å². The van der Waals surface area contributed by atoms with Gasteiger partial charge in [-0.1, -0.05) is 25.3 Å². The van der Waals surface area contributed by atoms with Gasteiger partial charge in [-0.2, -0.15) is 4.31 Å². The molecule has 1 aliphatic carbocycles. The van der Waals surface area contributed by atoms with Crippen LogP contribution in [0.1, 0.15) is 48.0 Å². The number of amides is 1. The number of anilines is 1. The molecule has 1 saturated carbocycles. The molecular formula is C21H25FN2O3S. The highest BCUT2D eigenvalue weighted by molar-refractivity contribution is 7.89. The Balaban J connectivity index is 1.74. The van der Waals surface area contributed by atoms with Crippen molar-refractivity contribution in [2.45, 2.75) is 50.0 Å². The fraction of sp³-hybridized carbons (Fsp3) is 0.381. The minimum atomic E-state index is -3.61. The third kappa shape index (κ3) is 4.42. The lowest BCUT2D eigenvalue weighted by Gasteiger charge is -2.30. The first kappa shape index (κ1) is 20.5. The van der Waals surface area contributed by atoms with Crippen molar-refractivity contribution >= 4 is 21.6 Å². The van der Waals surface area contributed by atoms with E-state index in [1.165, 1.54) is 40.7 Å². The van der Waals surface area contributed by atoms with Crippen molar-refractivity contribution < 1.29 is 17.6 Å². The molecule has 0 aromatic heterocycles. The van der Waals surface area contributed by atoms with Crippen LogP contribution in [0.2, 0.25) is 0 Å². The number of carbonyl (C=O) groups is 1. The Morgan fingerprint density at radius 1 is 1.07 bits per heavy atom. The highest BCUT2D eigenvalue weighted by Crippen LogP contribution is 2.26. The summed E-state index contributed by atoms with van der Waals surface area (Å²) in [5.41, 5.74) is 1.11. The van der Waals surface area contributed by atoms with Crippen molar-refractivity contribution in [2.75, 3.05) is 12.4 Å². The van der Waals surface area contributed by atoms with Gasteiger partial charge < -0.3 is 5.32 Å². The standard InChI is InChI=1S/C21H25FN2O3S/c1-15-8-13-20(19(22)14-15)23-21(25)16-9-11-18(12-10-16)28(26,27)24(2)17-6-4-3-5-7-17/h8-14,17H,3-7H2,1-2H3,(H,23,25). The molecule has 0 heterocycles. The maximum Gasteiger partial charge on any atom is 0.255 e. The lowest BCUT2D eigenvalue weighted by molar-refractivity contribution is 0.102. The van der Waals surface area contributed by atoms with E-state index >= 15 is 0 Å². The summed E-state index contributed by atoms with van der Waals surface area (Å²) >= 11 is 0. The first-order valence-electron chi connectivity index (χ1n) is 9.44. The highest BCUT2D eigenvalue weighted by atomic mass is 32.2. The fourth-order valence-electron chi connectivity index (χ4n) is 3.50. The number of aryl methyl sites for hydroxylation is 1. The second-order valence-electron chi connectivity index (χ2n) is 7.27. The molecule has 0 unspecified atom stereocenters. The number of halogens is 1. The Bertz CT molecular complexity index is 952. The fourth-order valence-corrected chi connectivity index (χ4v) is 4.92. The lowest BCUT2D eigenvalue weighted by atomic mass is 9.96. The zero-order chi connectivity index (χ0) is 20.3. The van der Waals surface area contributed by atoms with Crippen molar-refractivity contribution in [3.63, 3.8) is 0 Å². The molecule has 0 bridgehead atoms. The summed E-state index contributed by atoms with van der Waals surface area (Å²) in [6.07, 6.45) is 4.98. The molecule has 150 valence electrons. The predicted molar refractivity (Wildman–Crippen MR) is 107 cm³/mol. The predicted octanol–water partition coefficient (Wildman–Crippen LogP) is 4.34. The number of rotatable bonds is 5. The van der Waals surface area contributed by atoms with Crippen LogP contribution in [-0.4, -0.2) is 31.7 Å². The van der Waals surface area contributed by atoms with E-state index in [2.05, 4.69) is 5.32 Å². The Labute approximate surface area is 165 Å². The van der Waals surface area contributed by atoms with Crippen molar-refractivity contribution in [2.24, 2.45) is 0 Å². The van der Waals surface area contributed by atoms with E-state index in [-0.39, 0.29) is 22.2 Å². The number of carbonyl (C=O) groups excluding carboxylic acids is 1. The quantitative estimate of drug-likeness (QED) is 0.806. The molecule has 1 amide bonds. The van der Waals surface area contributed by atoms with Crippen LogP contribution in [0.3, 0.4) is 0 Å². The monoisotopic (exact) mass is 404 g/mol. The van der Waals surface area contributed by atoms with Crippen LogP contribution in [0.4, 0.5) is 10.1 Å². The Kier molecular flexibility index (Phi) is 6.15. The first-order chi connectivity index (χ1) is 13.3. The van der Waals surface area contributed by atoms with Crippen molar-refractivity contribution in [1.29, 1.82) is 0 Å². The summed E-state index contributed by atoms with van der Waals surface area (Å²) < 4.78 is 41.1. The minimum Gasteiger partial charge on any atom is -0.319 e. The number of hydrogen-bond acceptors (Lipinski definition) is 3. The smallest absolute Gasteiger partial charge is 0.255 e. The summed E-state index contributed by atoms with van der Waals surface area (Å²) in [4.78, 5) is 12.5. The van der Waals surface area contributed by atoms with Crippen LogP contribution in [0.25, 0.3) is 0 Å². The molecule has 0 spiro atoms. The van der Waals surface area contributed by atoms with Gasteiger partial charge in [-0.15, -0.1) is 0 Å². The van der Waals surface area contributed by atoms with Gasteiger partial charge in [0.1, 0.15) is 5.82 Å². The molecule has 5 nitrogen and oxygen atoms in total. The number of benzene rings is 2. The van der Waals surface area contributed by atoms with Crippen LogP contribution < -0.4 is 5.32 Å². The minimum absolute atomic E-state index is 0.0197. The van der Waals surface area contributed by atoms with E-state index in [4.69, 9.17) is 0 Å². The second-order valence-corrected chi connectivity index (χ2v) is 9.27. The summed E-state index contributed by atoms with van der Waals surface area (Å²) in [7, 11) is -1.99. The molecule has 0 saturated heterocycles. The third-order valence-electron chi connectivity index (χ3n) is 5.26. The van der Waals surface area contributed by atoms with Crippen molar-refractivity contribution in [3.8, 4) is 0 Å². The molecule has 3 rings (SSSR count). The summed E-state index contributed by atoms with van der Waals surface area (Å²) in [6.45, 7) is 1.76. The third-order valence-corrected chi connectivity index (χ3v) is 7.18. The molecular weight excluding hydrogens is 379 g/mol. The Morgan fingerprint density at radius 3 is 2.32 bits per heavy atom. The molecule has 1 fully saturated rings. The Hall–Kier alpha value is -2.25. The summed E-state index contributed by atoms with van der Waals surface area (Å²) in [6, 6.07) is 10.3. The summed E-state index contributed by atoms with van der Waals surface area (Å²) in [5, 5.41) is 2.51. The van der Waals surface area contributed by atoms with E-state index in [9.17, 15) is 17.6 Å². The lowest BCUT2D eigenvalue weighted by Crippen LogP contribution is -2.38. The van der Waals surface area contributed by atoms with Gasteiger partial charge in [0.15, 0.2) is 0 Å². The van der Waals surface area contributed by atoms with E-state index in [1.54, 1.807) is 20.0 Å². The van der Waals surface area contributed by atoms with E-state index in [0.29, 0.717) is 0 Å². The van der Waals surface area contributed by atoms with Gasteiger partial charge in [-0.3, -0.25) is 4.79 Å². The molecule has 1 N–H and O–H groups in total. The first-order valence-corrected chi connectivity index (χ1v) is 10.9. The van der Waals surface area contributed by atoms with Gasteiger partial charge in [-0.05, 0) is 61.7 Å². The number of sulfonamides is 1. The maximum absolute atomic E-state index is 13.9. The van der Waals surface area contributed by atoms with Gasteiger partial charge in [0, 0.05) is 18.7 Å². The number of nitrogens with zero attached hydrogens (tertiary/aromatic N) is 1. The van der Waals surface area contributed by atoms with Crippen molar-refractivity contribution in [3.05, 3.63) is 59.4 Å². The van der Waals surface area contributed by atoms with Gasteiger partial charge in [0.05, 0.1) is 10.6 Å². The number of nitrogens with one attached hydrogen (secondary N) is 1. The largest absolute Gasteiger partial charge is 0.319 e. The molecule has 0 atom stereocenters. The van der Waals surface area contributed by atoms with E-state index in [1.807, 2.05) is 0 Å². The van der Waals surface area contributed by atoms with Crippen molar-refractivity contribution in [1.82, 2.24) is 4.31 Å². The van der Waals surface area contributed by atoms with Gasteiger partial charge >= 0.3 is 0 Å². The topological polar surface area (TPSA) is 66.5 Å².